The first-order valence-corrected chi connectivity index (χ1v) is 7.06. The van der Waals surface area contributed by atoms with E-state index in [2.05, 4.69) is 10.6 Å². The van der Waals surface area contributed by atoms with Crippen LogP contribution in [0.3, 0.4) is 0 Å². The number of methoxy groups -OCH3 is 1. The zero-order valence-electron chi connectivity index (χ0n) is 13.1. The lowest BCUT2D eigenvalue weighted by Crippen LogP contribution is -2.32. The maximum Gasteiger partial charge on any atom is 0.271 e. The highest BCUT2D eigenvalue weighted by atomic mass is 19.1. The third kappa shape index (κ3) is 4.19. The molecule has 0 aliphatic rings. The van der Waals surface area contributed by atoms with Crippen LogP contribution in [0.2, 0.25) is 0 Å². The predicted octanol–water partition coefficient (Wildman–Crippen LogP) is 3.18. The smallest absolute Gasteiger partial charge is 0.271 e. The minimum atomic E-state index is -0.653. The van der Waals surface area contributed by atoms with Crippen LogP contribution in [0.15, 0.2) is 42.5 Å². The number of nitrogens with zero attached hydrogens (tertiary/aromatic N) is 1. The lowest BCUT2D eigenvalue weighted by atomic mass is 10.2. The van der Waals surface area contributed by atoms with E-state index in [1.54, 1.807) is 6.92 Å². The number of nitro groups is 1. The third-order valence-corrected chi connectivity index (χ3v) is 3.27. The normalized spacial score (nSPS) is 11.5. The Hall–Kier alpha value is -3.16. The highest BCUT2D eigenvalue weighted by molar-refractivity contribution is 5.97. The van der Waals surface area contributed by atoms with Crippen LogP contribution in [0.4, 0.5) is 21.5 Å². The average molecular weight is 333 g/mol. The quantitative estimate of drug-likeness (QED) is 0.625. The zero-order chi connectivity index (χ0) is 17.7. The Kier molecular flexibility index (Phi) is 5.31. The topological polar surface area (TPSA) is 93.5 Å². The Balaban J connectivity index is 2.11. The van der Waals surface area contributed by atoms with Crippen molar-refractivity contribution in [3.63, 3.8) is 0 Å². The summed E-state index contributed by atoms with van der Waals surface area (Å²) in [6, 6.07) is 8.83. The van der Waals surface area contributed by atoms with Crippen LogP contribution < -0.4 is 15.4 Å². The number of carbonyl (C=O) groups is 1. The summed E-state index contributed by atoms with van der Waals surface area (Å²) >= 11 is 0. The molecule has 126 valence electrons. The van der Waals surface area contributed by atoms with Gasteiger partial charge in [0.05, 0.1) is 17.7 Å². The van der Waals surface area contributed by atoms with E-state index in [1.165, 1.54) is 49.6 Å². The number of halogens is 1. The molecule has 1 amide bonds. The van der Waals surface area contributed by atoms with E-state index >= 15 is 0 Å². The van der Waals surface area contributed by atoms with Gasteiger partial charge < -0.3 is 15.4 Å². The molecule has 0 heterocycles. The van der Waals surface area contributed by atoms with Crippen LogP contribution in [0.1, 0.15) is 6.92 Å². The van der Waals surface area contributed by atoms with Crippen LogP contribution in [0.5, 0.6) is 5.75 Å². The van der Waals surface area contributed by atoms with Crippen LogP contribution in [-0.4, -0.2) is 24.0 Å². The van der Waals surface area contributed by atoms with Gasteiger partial charge in [-0.3, -0.25) is 14.9 Å². The lowest BCUT2D eigenvalue weighted by molar-refractivity contribution is -0.384. The van der Waals surface area contributed by atoms with Gasteiger partial charge in [-0.05, 0) is 37.3 Å². The summed E-state index contributed by atoms with van der Waals surface area (Å²) in [5.41, 5.74) is 0.611. The number of non-ortho nitro benzene ring substituents is 1. The predicted molar refractivity (Wildman–Crippen MR) is 87.8 cm³/mol. The molecule has 0 spiro atoms. The summed E-state index contributed by atoms with van der Waals surface area (Å²) in [6.45, 7) is 1.61. The zero-order valence-corrected chi connectivity index (χ0v) is 13.1. The maximum absolute atomic E-state index is 12.9. The largest absolute Gasteiger partial charge is 0.495 e. The minimum absolute atomic E-state index is 0.162. The summed E-state index contributed by atoms with van der Waals surface area (Å²) in [6.07, 6.45) is 0. The Morgan fingerprint density at radius 2 is 1.92 bits per heavy atom. The van der Waals surface area contributed by atoms with E-state index in [1.807, 2.05) is 0 Å². The first-order chi connectivity index (χ1) is 11.4. The molecule has 0 radical (unpaired) electrons. The second kappa shape index (κ2) is 7.40. The van der Waals surface area contributed by atoms with Gasteiger partial charge in [-0.1, -0.05) is 0 Å². The van der Waals surface area contributed by atoms with Crippen LogP contribution in [0, 0.1) is 15.9 Å². The first-order valence-electron chi connectivity index (χ1n) is 7.06. The number of nitro benzene ring substituents is 1. The van der Waals surface area contributed by atoms with Crippen molar-refractivity contribution < 1.29 is 18.8 Å². The number of hydrogen-bond acceptors (Lipinski definition) is 5. The molecule has 24 heavy (non-hydrogen) atoms. The van der Waals surface area contributed by atoms with E-state index in [0.717, 1.165) is 0 Å². The summed E-state index contributed by atoms with van der Waals surface area (Å²) < 4.78 is 18.0. The highest BCUT2D eigenvalue weighted by Crippen LogP contribution is 2.29. The van der Waals surface area contributed by atoms with Gasteiger partial charge in [0.2, 0.25) is 5.91 Å². The third-order valence-electron chi connectivity index (χ3n) is 3.27. The average Bonchev–Trinajstić information content (AvgIpc) is 2.56. The van der Waals surface area contributed by atoms with E-state index in [-0.39, 0.29) is 17.2 Å². The fourth-order valence-electron chi connectivity index (χ4n) is 2.01. The molecule has 0 saturated carbocycles. The summed E-state index contributed by atoms with van der Waals surface area (Å²) in [5.74, 6) is -0.486. The second-order valence-corrected chi connectivity index (χ2v) is 5.00. The van der Waals surface area contributed by atoms with Crippen molar-refractivity contribution >= 4 is 23.0 Å². The van der Waals surface area contributed by atoms with Crippen molar-refractivity contribution in [2.24, 2.45) is 0 Å². The molecule has 0 aromatic heterocycles. The Morgan fingerprint density at radius 3 is 2.50 bits per heavy atom. The van der Waals surface area contributed by atoms with E-state index < -0.39 is 16.9 Å². The molecule has 0 saturated heterocycles. The number of nitrogens with one attached hydrogen (secondary N) is 2. The molecule has 1 unspecified atom stereocenters. The number of benzene rings is 2. The number of carbonyl (C=O) groups excluding carboxylic acids is 1. The maximum atomic E-state index is 12.9. The molecule has 7 nitrogen and oxygen atoms in total. The van der Waals surface area contributed by atoms with E-state index in [0.29, 0.717) is 11.4 Å². The Labute approximate surface area is 137 Å². The molecule has 0 fully saturated rings. The number of hydrogen-bond donors (Lipinski definition) is 2. The molecule has 2 N–H and O–H groups in total. The molecule has 2 aromatic carbocycles. The van der Waals surface area contributed by atoms with Gasteiger partial charge in [-0.15, -0.1) is 0 Å². The van der Waals surface area contributed by atoms with Crippen molar-refractivity contribution in [2.75, 3.05) is 17.7 Å². The number of rotatable bonds is 6. The molecule has 0 bridgehead atoms. The number of ether oxygens (including phenoxy) is 1. The van der Waals surface area contributed by atoms with Crippen molar-refractivity contribution in [1.82, 2.24) is 0 Å². The van der Waals surface area contributed by atoms with Crippen LogP contribution >= 0.6 is 0 Å². The van der Waals surface area contributed by atoms with Crippen LogP contribution in [-0.2, 0) is 4.79 Å². The van der Waals surface area contributed by atoms with Crippen molar-refractivity contribution in [3.05, 3.63) is 58.4 Å². The summed E-state index contributed by atoms with van der Waals surface area (Å²) in [4.78, 5) is 22.5. The second-order valence-electron chi connectivity index (χ2n) is 5.00. The molecule has 8 heteroatoms. The lowest BCUT2D eigenvalue weighted by Gasteiger charge is -2.16. The molecular formula is C16H16FN3O4. The fraction of sp³-hybridized carbons (Fsp3) is 0.188. The molecule has 0 aliphatic carbocycles. The molecular weight excluding hydrogens is 317 g/mol. The Bertz CT molecular complexity index is 749. The van der Waals surface area contributed by atoms with Gasteiger partial charge in [0, 0.05) is 17.8 Å². The minimum Gasteiger partial charge on any atom is -0.495 e. The first kappa shape index (κ1) is 17.2. The van der Waals surface area contributed by atoms with E-state index in [4.69, 9.17) is 4.74 Å². The van der Waals surface area contributed by atoms with Gasteiger partial charge >= 0.3 is 0 Å². The molecule has 2 rings (SSSR count). The molecule has 2 aromatic rings. The SMILES string of the molecule is COc1ccc([N+](=O)[O-])cc1NC(=O)C(C)Nc1ccc(F)cc1. The highest BCUT2D eigenvalue weighted by Gasteiger charge is 2.17. The van der Waals surface area contributed by atoms with Gasteiger partial charge in [0.1, 0.15) is 17.6 Å². The monoisotopic (exact) mass is 333 g/mol. The van der Waals surface area contributed by atoms with Crippen LogP contribution in [0.25, 0.3) is 0 Å². The van der Waals surface area contributed by atoms with E-state index in [9.17, 15) is 19.3 Å². The number of anilines is 2. The molecule has 0 aliphatic heterocycles. The molecule has 1 atom stereocenters. The van der Waals surface area contributed by atoms with Gasteiger partial charge in [0.15, 0.2) is 0 Å². The van der Waals surface area contributed by atoms with Crippen molar-refractivity contribution in [1.29, 1.82) is 0 Å². The summed E-state index contributed by atoms with van der Waals surface area (Å²) in [7, 11) is 1.40. The Morgan fingerprint density at radius 1 is 1.25 bits per heavy atom. The van der Waals surface area contributed by atoms with Gasteiger partial charge in [-0.2, -0.15) is 0 Å². The van der Waals surface area contributed by atoms with Crippen molar-refractivity contribution in [2.45, 2.75) is 13.0 Å². The van der Waals surface area contributed by atoms with Crippen molar-refractivity contribution in [3.8, 4) is 5.75 Å². The van der Waals surface area contributed by atoms with Gasteiger partial charge in [0.25, 0.3) is 5.69 Å². The van der Waals surface area contributed by atoms with Gasteiger partial charge in [-0.25, -0.2) is 4.39 Å². The summed E-state index contributed by atoms with van der Waals surface area (Å²) in [5, 5.41) is 16.3. The fourth-order valence-corrected chi connectivity index (χ4v) is 2.01. The number of amides is 1. The standard InChI is InChI=1S/C16H16FN3O4/c1-10(18-12-5-3-11(17)4-6-12)16(21)19-14-9-13(20(22)23)7-8-15(14)24-2/h3-10,18H,1-2H3,(H,19,21).